The number of aryl methyl sites for hydroxylation is 2. The van der Waals surface area contributed by atoms with Gasteiger partial charge in [-0.05, 0) is 43.4 Å². The smallest absolute Gasteiger partial charge is 0.331 e. The summed E-state index contributed by atoms with van der Waals surface area (Å²) in [4.78, 5) is 51.8. The quantitative estimate of drug-likeness (QED) is 0.619. The third-order valence-corrected chi connectivity index (χ3v) is 6.53. The number of aliphatic hydroxyl groups is 1. The molecule has 2 aliphatic carbocycles. The van der Waals surface area contributed by atoms with Gasteiger partial charge in [0.1, 0.15) is 11.3 Å². The lowest BCUT2D eigenvalue weighted by Gasteiger charge is -2.21. The standard InChI is InChI=1S/C23H26N2O5/c1-12-10-17(26)20(18(27)11-12)21(28)15-8-9-16-19(13(15)2)22(29)25(23(30)24(16)3)14-6-4-5-7-14/h8-9,12,14,26H,4-7,10-11H2,1-3H3. The second kappa shape index (κ2) is 7.38. The van der Waals surface area contributed by atoms with E-state index >= 15 is 0 Å². The van der Waals surface area contributed by atoms with Gasteiger partial charge in [-0.25, -0.2) is 4.79 Å². The Morgan fingerprint density at radius 1 is 1.10 bits per heavy atom. The minimum atomic E-state index is -0.565. The van der Waals surface area contributed by atoms with E-state index in [4.69, 9.17) is 0 Å². The van der Waals surface area contributed by atoms with E-state index < -0.39 is 11.3 Å². The van der Waals surface area contributed by atoms with Crippen LogP contribution in [0.15, 0.2) is 33.1 Å². The van der Waals surface area contributed by atoms with Crippen LogP contribution in [0.2, 0.25) is 0 Å². The fourth-order valence-corrected chi connectivity index (χ4v) is 4.93. The van der Waals surface area contributed by atoms with E-state index in [-0.39, 0.29) is 53.2 Å². The molecule has 2 aliphatic rings. The molecule has 7 heteroatoms. The van der Waals surface area contributed by atoms with Crippen molar-refractivity contribution in [3.63, 3.8) is 0 Å². The Kier molecular flexibility index (Phi) is 5.00. The molecule has 1 N–H and O–H groups in total. The molecule has 0 saturated heterocycles. The number of rotatable bonds is 3. The Morgan fingerprint density at radius 3 is 2.40 bits per heavy atom. The Balaban J connectivity index is 1.94. The van der Waals surface area contributed by atoms with Gasteiger partial charge in [0.15, 0.2) is 11.6 Å². The maximum absolute atomic E-state index is 13.3. The van der Waals surface area contributed by atoms with Crippen molar-refractivity contribution in [2.75, 3.05) is 0 Å². The van der Waals surface area contributed by atoms with Crippen LogP contribution < -0.4 is 11.2 Å². The van der Waals surface area contributed by atoms with Crippen molar-refractivity contribution in [3.8, 4) is 0 Å². The fourth-order valence-electron chi connectivity index (χ4n) is 4.93. The summed E-state index contributed by atoms with van der Waals surface area (Å²) in [5.41, 5.74) is 0.160. The molecule has 1 fully saturated rings. The molecule has 1 unspecified atom stereocenters. The Hall–Kier alpha value is -2.96. The fraction of sp³-hybridized carbons (Fsp3) is 0.478. The molecular formula is C23H26N2O5. The van der Waals surface area contributed by atoms with Gasteiger partial charge < -0.3 is 5.11 Å². The third-order valence-electron chi connectivity index (χ3n) is 6.53. The monoisotopic (exact) mass is 410 g/mol. The molecule has 158 valence electrons. The largest absolute Gasteiger partial charge is 0.511 e. The number of fused-ring (bicyclic) bond motifs is 1. The van der Waals surface area contributed by atoms with Crippen LogP contribution in [0.1, 0.15) is 67.4 Å². The van der Waals surface area contributed by atoms with E-state index in [0.717, 1.165) is 25.7 Å². The molecule has 1 saturated carbocycles. The molecule has 0 spiro atoms. The van der Waals surface area contributed by atoms with Crippen molar-refractivity contribution < 1.29 is 14.7 Å². The number of benzene rings is 1. The molecule has 0 aliphatic heterocycles. The molecule has 0 bridgehead atoms. The number of hydrogen-bond donors (Lipinski definition) is 1. The summed E-state index contributed by atoms with van der Waals surface area (Å²) >= 11 is 0. The molecule has 1 atom stereocenters. The second-order valence-electron chi connectivity index (χ2n) is 8.67. The lowest BCUT2D eigenvalue weighted by atomic mass is 9.84. The summed E-state index contributed by atoms with van der Waals surface area (Å²) in [6.07, 6.45) is 4.01. The first kappa shape index (κ1) is 20.3. The second-order valence-corrected chi connectivity index (χ2v) is 8.67. The predicted octanol–water partition coefficient (Wildman–Crippen LogP) is 3.12. The molecular weight excluding hydrogens is 384 g/mol. The summed E-state index contributed by atoms with van der Waals surface area (Å²) in [5.74, 6) is -1.14. The first-order chi connectivity index (χ1) is 14.2. The molecule has 1 aromatic carbocycles. The van der Waals surface area contributed by atoms with Gasteiger partial charge in [-0.1, -0.05) is 19.8 Å². The zero-order valence-electron chi connectivity index (χ0n) is 17.5. The molecule has 30 heavy (non-hydrogen) atoms. The number of hydrogen-bond acceptors (Lipinski definition) is 5. The topological polar surface area (TPSA) is 98.4 Å². The molecule has 4 rings (SSSR count). The third kappa shape index (κ3) is 3.04. The van der Waals surface area contributed by atoms with Gasteiger partial charge >= 0.3 is 5.69 Å². The Morgan fingerprint density at radius 2 is 1.77 bits per heavy atom. The van der Waals surface area contributed by atoms with Crippen molar-refractivity contribution >= 4 is 22.5 Å². The number of ketones is 2. The summed E-state index contributed by atoms with van der Waals surface area (Å²) in [6.45, 7) is 3.51. The van der Waals surface area contributed by atoms with Crippen LogP contribution in [0.25, 0.3) is 10.9 Å². The number of nitrogens with zero attached hydrogens (tertiary/aromatic N) is 2. The van der Waals surface area contributed by atoms with Crippen LogP contribution in [0.5, 0.6) is 0 Å². The van der Waals surface area contributed by atoms with Crippen molar-refractivity contribution in [2.24, 2.45) is 13.0 Å². The van der Waals surface area contributed by atoms with E-state index in [0.29, 0.717) is 16.5 Å². The number of aliphatic hydroxyl groups excluding tert-OH is 1. The normalized spacial score (nSPS) is 20.4. The van der Waals surface area contributed by atoms with Crippen molar-refractivity contribution in [2.45, 2.75) is 58.4 Å². The van der Waals surface area contributed by atoms with Gasteiger partial charge in [0.25, 0.3) is 5.56 Å². The average molecular weight is 410 g/mol. The van der Waals surface area contributed by atoms with Gasteiger partial charge in [-0.15, -0.1) is 0 Å². The van der Waals surface area contributed by atoms with Crippen LogP contribution in [-0.2, 0) is 11.8 Å². The summed E-state index contributed by atoms with van der Waals surface area (Å²) in [7, 11) is 1.62. The summed E-state index contributed by atoms with van der Waals surface area (Å²) < 4.78 is 2.77. The number of Topliss-reactive ketones (excluding diaryl/α,β-unsaturated/α-hetero) is 2. The van der Waals surface area contributed by atoms with Gasteiger partial charge in [-0.2, -0.15) is 0 Å². The lowest BCUT2D eigenvalue weighted by Crippen LogP contribution is -2.41. The van der Waals surface area contributed by atoms with Crippen molar-refractivity contribution in [1.82, 2.24) is 9.13 Å². The first-order valence-electron chi connectivity index (χ1n) is 10.5. The summed E-state index contributed by atoms with van der Waals surface area (Å²) in [6, 6.07) is 2.97. The highest BCUT2D eigenvalue weighted by Gasteiger charge is 2.32. The Bertz CT molecular complexity index is 1220. The van der Waals surface area contributed by atoms with E-state index in [9.17, 15) is 24.3 Å². The van der Waals surface area contributed by atoms with Crippen molar-refractivity contribution in [1.29, 1.82) is 0 Å². The number of aromatic nitrogens is 2. The van der Waals surface area contributed by atoms with E-state index in [1.54, 1.807) is 20.0 Å². The minimum Gasteiger partial charge on any atom is -0.511 e. The van der Waals surface area contributed by atoms with Gasteiger partial charge in [0, 0.05) is 31.5 Å². The maximum Gasteiger partial charge on any atom is 0.331 e. The van der Waals surface area contributed by atoms with Crippen LogP contribution in [0.3, 0.4) is 0 Å². The highest BCUT2D eigenvalue weighted by Crippen LogP contribution is 2.30. The zero-order valence-corrected chi connectivity index (χ0v) is 17.5. The van der Waals surface area contributed by atoms with Gasteiger partial charge in [0.05, 0.1) is 10.9 Å². The van der Waals surface area contributed by atoms with Crippen LogP contribution in [0, 0.1) is 12.8 Å². The number of allylic oxidation sites excluding steroid dienone is 2. The van der Waals surface area contributed by atoms with Gasteiger partial charge in [-0.3, -0.25) is 23.5 Å². The summed E-state index contributed by atoms with van der Waals surface area (Å²) in [5, 5.41) is 10.6. The van der Waals surface area contributed by atoms with Gasteiger partial charge in [0.2, 0.25) is 0 Å². The highest BCUT2D eigenvalue weighted by molar-refractivity contribution is 6.27. The van der Waals surface area contributed by atoms with Crippen LogP contribution in [0.4, 0.5) is 0 Å². The lowest BCUT2D eigenvalue weighted by molar-refractivity contribution is -0.116. The first-order valence-corrected chi connectivity index (χ1v) is 10.5. The van der Waals surface area contributed by atoms with E-state index in [2.05, 4.69) is 0 Å². The maximum atomic E-state index is 13.3. The van der Waals surface area contributed by atoms with E-state index in [1.807, 2.05) is 6.92 Å². The minimum absolute atomic E-state index is 0.0140. The number of carbonyl (C=O) groups is 2. The molecule has 1 aromatic heterocycles. The average Bonchev–Trinajstić information content (AvgIpc) is 3.19. The number of carbonyl (C=O) groups excluding carboxylic acids is 2. The predicted molar refractivity (Wildman–Crippen MR) is 113 cm³/mol. The Labute approximate surface area is 173 Å². The molecule has 2 aromatic rings. The highest BCUT2D eigenvalue weighted by atomic mass is 16.3. The van der Waals surface area contributed by atoms with Crippen LogP contribution >= 0.6 is 0 Å². The zero-order chi connectivity index (χ0) is 21.7. The van der Waals surface area contributed by atoms with Crippen molar-refractivity contribution in [3.05, 3.63) is 55.4 Å². The van der Waals surface area contributed by atoms with Crippen LogP contribution in [-0.4, -0.2) is 25.8 Å². The van der Waals surface area contributed by atoms with E-state index in [1.165, 1.54) is 15.2 Å². The molecule has 1 heterocycles. The molecule has 0 radical (unpaired) electrons. The molecule has 7 nitrogen and oxygen atoms in total. The molecule has 0 amide bonds. The SMILES string of the molecule is Cc1c(C(=O)C2=C(O)CC(C)CC2=O)ccc2c1c(=O)n(C1CCCC1)c(=O)n2C.